The van der Waals surface area contributed by atoms with E-state index in [0.29, 0.717) is 5.92 Å². The van der Waals surface area contributed by atoms with Crippen molar-refractivity contribution in [2.45, 2.75) is 59.9 Å². The highest BCUT2D eigenvalue weighted by Gasteiger charge is 2.31. The van der Waals surface area contributed by atoms with Crippen molar-refractivity contribution in [3.63, 3.8) is 0 Å². The Morgan fingerprint density at radius 2 is 1.56 bits per heavy atom. The molecule has 1 aromatic heterocycles. The van der Waals surface area contributed by atoms with Crippen molar-refractivity contribution >= 4 is 0 Å². The summed E-state index contributed by atoms with van der Waals surface area (Å²) < 4.78 is 5.73. The fourth-order valence-corrected chi connectivity index (χ4v) is 3.84. The van der Waals surface area contributed by atoms with Gasteiger partial charge in [0.1, 0.15) is 11.5 Å². The molecule has 1 saturated carbocycles. The van der Waals surface area contributed by atoms with E-state index in [2.05, 4.69) is 20.8 Å². The van der Waals surface area contributed by atoms with Gasteiger partial charge in [-0.05, 0) is 63.4 Å². The molecule has 0 amide bonds. The van der Waals surface area contributed by atoms with Gasteiger partial charge in [-0.1, -0.05) is 13.8 Å². The van der Waals surface area contributed by atoms with Gasteiger partial charge in [0.2, 0.25) is 0 Å². The van der Waals surface area contributed by atoms with Crippen molar-refractivity contribution in [1.82, 2.24) is 0 Å². The van der Waals surface area contributed by atoms with Crippen LogP contribution in [0.3, 0.4) is 0 Å². The van der Waals surface area contributed by atoms with Crippen LogP contribution in [0.25, 0.3) is 0 Å². The summed E-state index contributed by atoms with van der Waals surface area (Å²) in [5.74, 6) is 4.26. The second-order valence-corrected chi connectivity index (χ2v) is 6.46. The zero-order valence-electron chi connectivity index (χ0n) is 12.4. The van der Waals surface area contributed by atoms with Gasteiger partial charge in [-0.3, -0.25) is 0 Å². The molecule has 0 bridgehead atoms. The van der Waals surface area contributed by atoms with Gasteiger partial charge in [0, 0.05) is 11.6 Å². The number of nitrogens with two attached hydrogens (primary N) is 1. The van der Waals surface area contributed by atoms with Gasteiger partial charge in [-0.25, -0.2) is 0 Å². The lowest BCUT2D eigenvalue weighted by Gasteiger charge is -2.35. The molecule has 1 heterocycles. The van der Waals surface area contributed by atoms with Crippen molar-refractivity contribution < 1.29 is 4.42 Å². The van der Waals surface area contributed by atoms with Crippen LogP contribution in [0.1, 0.15) is 61.8 Å². The van der Waals surface area contributed by atoms with Crippen molar-refractivity contribution in [3.8, 4) is 0 Å². The fraction of sp³-hybridized carbons (Fsp3) is 0.750. The standard InChI is InChI=1S/C16H27NO/c1-9-6-10(2)8-14(7-9)16(17)15-11(3)12(4)18-13(15)5/h9-10,14,16H,6-8,17H2,1-5H3. The minimum absolute atomic E-state index is 0.146. The molecule has 0 aromatic carbocycles. The van der Waals surface area contributed by atoms with Gasteiger partial charge in [0.05, 0.1) is 0 Å². The summed E-state index contributed by atoms with van der Waals surface area (Å²) in [6.45, 7) is 10.9. The molecule has 2 N–H and O–H groups in total. The van der Waals surface area contributed by atoms with Gasteiger partial charge in [0.25, 0.3) is 0 Å². The van der Waals surface area contributed by atoms with Crippen molar-refractivity contribution in [1.29, 1.82) is 0 Å². The number of hydrogen-bond donors (Lipinski definition) is 1. The van der Waals surface area contributed by atoms with E-state index < -0.39 is 0 Å². The predicted octanol–water partition coefficient (Wildman–Crippen LogP) is 4.28. The van der Waals surface area contributed by atoms with Crippen LogP contribution in [0, 0.1) is 38.5 Å². The summed E-state index contributed by atoms with van der Waals surface area (Å²) in [6.07, 6.45) is 3.87. The van der Waals surface area contributed by atoms with Gasteiger partial charge in [-0.2, -0.15) is 0 Å². The number of rotatable bonds is 2. The molecule has 18 heavy (non-hydrogen) atoms. The van der Waals surface area contributed by atoms with Crippen LogP contribution in [0.2, 0.25) is 0 Å². The monoisotopic (exact) mass is 249 g/mol. The van der Waals surface area contributed by atoms with E-state index in [1.54, 1.807) is 0 Å². The van der Waals surface area contributed by atoms with E-state index in [4.69, 9.17) is 10.2 Å². The second kappa shape index (κ2) is 5.08. The van der Waals surface area contributed by atoms with E-state index in [-0.39, 0.29) is 6.04 Å². The van der Waals surface area contributed by atoms with E-state index in [1.807, 2.05) is 13.8 Å². The lowest BCUT2D eigenvalue weighted by atomic mass is 9.72. The normalized spacial score (nSPS) is 30.4. The first-order chi connectivity index (χ1) is 8.40. The first kappa shape index (κ1) is 13.7. The van der Waals surface area contributed by atoms with Crippen LogP contribution < -0.4 is 5.73 Å². The molecule has 2 nitrogen and oxygen atoms in total. The summed E-state index contributed by atoms with van der Waals surface area (Å²) in [5.41, 5.74) is 9.07. The highest BCUT2D eigenvalue weighted by molar-refractivity contribution is 5.34. The Balaban J connectivity index is 2.22. The summed E-state index contributed by atoms with van der Waals surface area (Å²) in [7, 11) is 0. The van der Waals surface area contributed by atoms with Gasteiger partial charge in [-0.15, -0.1) is 0 Å². The quantitative estimate of drug-likeness (QED) is 0.849. The van der Waals surface area contributed by atoms with Gasteiger partial charge >= 0.3 is 0 Å². The molecule has 0 radical (unpaired) electrons. The average Bonchev–Trinajstić information content (AvgIpc) is 2.51. The summed E-state index contributed by atoms with van der Waals surface area (Å²) in [4.78, 5) is 0. The summed E-state index contributed by atoms with van der Waals surface area (Å²) >= 11 is 0. The zero-order valence-corrected chi connectivity index (χ0v) is 12.4. The lowest BCUT2D eigenvalue weighted by Crippen LogP contribution is -2.29. The third-order valence-corrected chi connectivity index (χ3v) is 4.67. The number of furan rings is 1. The van der Waals surface area contributed by atoms with E-state index in [0.717, 1.165) is 23.4 Å². The third-order valence-electron chi connectivity index (χ3n) is 4.67. The third kappa shape index (κ3) is 2.49. The molecule has 2 rings (SSSR count). The molecule has 1 aliphatic rings. The summed E-state index contributed by atoms with van der Waals surface area (Å²) in [5, 5.41) is 0. The largest absolute Gasteiger partial charge is 0.466 e. The highest BCUT2D eigenvalue weighted by Crippen LogP contribution is 2.41. The molecule has 102 valence electrons. The Morgan fingerprint density at radius 3 is 2.00 bits per heavy atom. The fourth-order valence-electron chi connectivity index (χ4n) is 3.84. The highest BCUT2D eigenvalue weighted by atomic mass is 16.3. The Morgan fingerprint density at radius 1 is 1.00 bits per heavy atom. The Hall–Kier alpha value is -0.760. The lowest BCUT2D eigenvalue weighted by molar-refractivity contribution is 0.192. The molecular weight excluding hydrogens is 222 g/mol. The van der Waals surface area contributed by atoms with Crippen LogP contribution in [0.15, 0.2) is 4.42 Å². The Kier molecular flexibility index (Phi) is 3.86. The van der Waals surface area contributed by atoms with Crippen LogP contribution >= 0.6 is 0 Å². The maximum absolute atomic E-state index is 6.55. The van der Waals surface area contributed by atoms with Crippen LogP contribution in [0.4, 0.5) is 0 Å². The molecular formula is C16H27NO. The molecule has 3 atom stereocenters. The second-order valence-electron chi connectivity index (χ2n) is 6.46. The van der Waals surface area contributed by atoms with Gasteiger partial charge < -0.3 is 10.2 Å². The predicted molar refractivity (Wildman–Crippen MR) is 75.5 cm³/mol. The minimum Gasteiger partial charge on any atom is -0.466 e. The van der Waals surface area contributed by atoms with E-state index in [1.165, 1.54) is 30.4 Å². The maximum Gasteiger partial charge on any atom is 0.106 e. The van der Waals surface area contributed by atoms with Crippen molar-refractivity contribution in [2.24, 2.45) is 23.5 Å². The SMILES string of the molecule is Cc1oc(C)c(C(N)C2CC(C)CC(C)C2)c1C. The first-order valence-electron chi connectivity index (χ1n) is 7.22. The van der Waals surface area contributed by atoms with E-state index in [9.17, 15) is 0 Å². The molecule has 1 aromatic rings. The maximum atomic E-state index is 6.55. The molecule has 0 spiro atoms. The first-order valence-corrected chi connectivity index (χ1v) is 7.22. The topological polar surface area (TPSA) is 39.2 Å². The number of hydrogen-bond acceptors (Lipinski definition) is 2. The van der Waals surface area contributed by atoms with Gasteiger partial charge in [0.15, 0.2) is 0 Å². The Bertz CT molecular complexity index is 411. The summed E-state index contributed by atoms with van der Waals surface area (Å²) in [6, 6.07) is 0.146. The van der Waals surface area contributed by atoms with Crippen LogP contribution in [-0.4, -0.2) is 0 Å². The molecule has 2 heteroatoms. The van der Waals surface area contributed by atoms with Crippen LogP contribution in [0.5, 0.6) is 0 Å². The van der Waals surface area contributed by atoms with E-state index >= 15 is 0 Å². The van der Waals surface area contributed by atoms with Crippen LogP contribution in [-0.2, 0) is 0 Å². The minimum atomic E-state index is 0.146. The molecule has 1 aliphatic carbocycles. The molecule has 0 saturated heterocycles. The zero-order chi connectivity index (χ0) is 13.4. The number of aryl methyl sites for hydroxylation is 2. The Labute approximate surface area is 111 Å². The smallest absolute Gasteiger partial charge is 0.106 e. The molecule has 1 fully saturated rings. The average molecular weight is 249 g/mol. The molecule has 0 aliphatic heterocycles. The van der Waals surface area contributed by atoms with Crippen molar-refractivity contribution in [2.75, 3.05) is 0 Å². The van der Waals surface area contributed by atoms with Crippen molar-refractivity contribution in [3.05, 3.63) is 22.6 Å². The molecule has 3 unspecified atom stereocenters.